The fraction of sp³-hybridized carbons (Fsp3) is 0.0500. The Kier molecular flexibility index (Phi) is 11.0. The Balaban J connectivity index is 0.000000257. The molecule has 0 radical (unpaired) electrons. The Morgan fingerprint density at radius 2 is 0.841 bits per heavy atom. The first-order valence-electron chi connectivity index (χ1n) is 14.4. The van der Waals surface area contributed by atoms with Crippen molar-refractivity contribution < 1.29 is 0 Å². The predicted octanol–water partition coefficient (Wildman–Crippen LogP) is 9.55. The second kappa shape index (κ2) is 15.5. The molecule has 4 nitrogen and oxygen atoms in total. The summed E-state index contributed by atoms with van der Waals surface area (Å²) in [4.78, 5) is 0. The van der Waals surface area contributed by atoms with E-state index in [-0.39, 0.29) is 0 Å². The molecule has 6 aromatic carbocycles. The molecule has 0 heterocycles. The number of hydrogen-bond donors (Lipinski definition) is 4. The Labute approximate surface area is 260 Å². The fourth-order valence-corrected chi connectivity index (χ4v) is 5.09. The molecule has 0 unspecified atom stereocenters. The number of aryl methyl sites for hydroxylation is 2. The van der Waals surface area contributed by atoms with Crippen molar-refractivity contribution in [2.75, 3.05) is 0 Å². The Morgan fingerprint density at radius 3 is 1.23 bits per heavy atom. The van der Waals surface area contributed by atoms with Crippen molar-refractivity contribution in [1.82, 2.24) is 0 Å². The van der Waals surface area contributed by atoms with Crippen LogP contribution in [0.4, 0.5) is 0 Å². The number of hydrogen-bond acceptors (Lipinski definition) is 4. The van der Waals surface area contributed by atoms with Crippen molar-refractivity contribution in [3.05, 3.63) is 168 Å². The molecule has 0 saturated heterocycles. The largest absolute Gasteiger partial charge is 0.404 e. The average Bonchev–Trinajstić information content (AvgIpc) is 3.08. The molecular weight excluding hydrogens is 536 g/mol. The van der Waals surface area contributed by atoms with Gasteiger partial charge in [-0.05, 0) is 52.6 Å². The maximum absolute atomic E-state index is 7.94. The lowest BCUT2D eigenvalue weighted by molar-refractivity contribution is 1.48. The van der Waals surface area contributed by atoms with Crippen LogP contribution < -0.4 is 11.5 Å². The number of fused-ring (bicyclic) bond motifs is 2. The second-order valence-electron chi connectivity index (χ2n) is 10.3. The van der Waals surface area contributed by atoms with E-state index < -0.39 is 0 Å². The molecular formula is C40H38N4. The van der Waals surface area contributed by atoms with E-state index in [1.165, 1.54) is 36.0 Å². The molecule has 4 heteroatoms. The van der Waals surface area contributed by atoms with Gasteiger partial charge in [0.1, 0.15) is 0 Å². The van der Waals surface area contributed by atoms with E-state index in [4.69, 9.17) is 22.3 Å². The van der Waals surface area contributed by atoms with E-state index in [1.807, 2.05) is 78.9 Å². The zero-order chi connectivity index (χ0) is 31.3. The van der Waals surface area contributed by atoms with Gasteiger partial charge in [0, 0.05) is 47.1 Å². The Morgan fingerprint density at radius 1 is 0.455 bits per heavy atom. The topological polar surface area (TPSA) is 99.7 Å². The molecule has 0 aromatic heterocycles. The smallest absolute Gasteiger partial charge is 0.0271 e. The fourth-order valence-electron chi connectivity index (χ4n) is 5.09. The molecule has 44 heavy (non-hydrogen) atoms. The van der Waals surface area contributed by atoms with Crippen LogP contribution in [-0.4, -0.2) is 12.4 Å². The molecule has 6 N–H and O–H groups in total. The summed E-state index contributed by atoms with van der Waals surface area (Å²) < 4.78 is 0. The third-order valence-corrected chi connectivity index (χ3v) is 7.26. The maximum Gasteiger partial charge on any atom is 0.0271 e. The summed E-state index contributed by atoms with van der Waals surface area (Å²) in [5.74, 6) is 0. The Hall–Kier alpha value is -5.74. The van der Waals surface area contributed by atoms with Crippen molar-refractivity contribution in [2.45, 2.75) is 13.8 Å². The summed E-state index contributed by atoms with van der Waals surface area (Å²) in [6, 6.07) is 44.9. The third-order valence-electron chi connectivity index (χ3n) is 7.26. The van der Waals surface area contributed by atoms with Crippen LogP contribution in [0.25, 0.3) is 43.8 Å². The van der Waals surface area contributed by atoms with E-state index in [1.54, 1.807) is 0 Å². The summed E-state index contributed by atoms with van der Waals surface area (Å²) in [5, 5.41) is 19.7. The van der Waals surface area contributed by atoms with E-state index in [2.05, 4.69) is 68.4 Å². The molecule has 0 saturated carbocycles. The van der Waals surface area contributed by atoms with Gasteiger partial charge in [-0.1, -0.05) is 139 Å². The summed E-state index contributed by atoms with van der Waals surface area (Å²) in [6.45, 7) is 4.17. The molecule has 0 aliphatic rings. The quantitative estimate of drug-likeness (QED) is 0.122. The third kappa shape index (κ3) is 7.36. The molecule has 6 aromatic rings. The van der Waals surface area contributed by atoms with E-state index >= 15 is 0 Å². The van der Waals surface area contributed by atoms with Gasteiger partial charge in [0.2, 0.25) is 0 Å². The number of nitrogens with one attached hydrogen (secondary N) is 2. The highest BCUT2D eigenvalue weighted by molar-refractivity contribution is 6.27. The first kappa shape index (κ1) is 31.2. The number of nitrogens with two attached hydrogens (primary N) is 2. The van der Waals surface area contributed by atoms with Crippen LogP contribution in [0.5, 0.6) is 0 Å². The monoisotopic (exact) mass is 574 g/mol. The number of allylic oxidation sites excluding steroid dienone is 2. The summed E-state index contributed by atoms with van der Waals surface area (Å²) in [5.41, 5.74) is 19.7. The molecule has 6 rings (SSSR count). The first-order valence-corrected chi connectivity index (χ1v) is 14.4. The van der Waals surface area contributed by atoms with Crippen LogP contribution in [0.15, 0.2) is 146 Å². The standard InChI is InChI=1S/C26H22N4.2C7H8/c27-13-19(14-28)25-21-8-4-5-9-22(21)26(20(15-29)16-30)24-12-18(10-11-23(24)25)17-6-2-1-3-7-17;2*1-7-5-3-2-4-6-7/h1-16,27,29H,28,30H2;2*2-6H,1H3/b19-14+,20-16+,27-13?,29-15?;;. The zero-order valence-corrected chi connectivity index (χ0v) is 25.2. The van der Waals surface area contributed by atoms with E-state index in [0.717, 1.165) is 43.8 Å². The first-order chi connectivity index (χ1) is 21.5. The lowest BCUT2D eigenvalue weighted by atomic mass is 9.85. The summed E-state index contributed by atoms with van der Waals surface area (Å²) >= 11 is 0. The summed E-state index contributed by atoms with van der Waals surface area (Å²) in [7, 11) is 0. The van der Waals surface area contributed by atoms with Crippen molar-refractivity contribution in [3.8, 4) is 11.1 Å². The maximum atomic E-state index is 7.94. The van der Waals surface area contributed by atoms with E-state index in [0.29, 0.717) is 11.1 Å². The van der Waals surface area contributed by atoms with Gasteiger partial charge in [0.05, 0.1) is 0 Å². The van der Waals surface area contributed by atoms with Crippen LogP contribution in [0.3, 0.4) is 0 Å². The van der Waals surface area contributed by atoms with Gasteiger partial charge in [0.25, 0.3) is 0 Å². The van der Waals surface area contributed by atoms with Gasteiger partial charge in [-0.15, -0.1) is 0 Å². The van der Waals surface area contributed by atoms with Crippen LogP contribution >= 0.6 is 0 Å². The lowest BCUT2D eigenvalue weighted by Gasteiger charge is -2.18. The predicted molar refractivity (Wildman–Crippen MR) is 191 cm³/mol. The lowest BCUT2D eigenvalue weighted by Crippen LogP contribution is -2.00. The van der Waals surface area contributed by atoms with Crippen LogP contribution in [0, 0.1) is 24.7 Å². The highest BCUT2D eigenvalue weighted by Crippen LogP contribution is 2.40. The van der Waals surface area contributed by atoms with E-state index in [9.17, 15) is 0 Å². The van der Waals surface area contributed by atoms with Crippen molar-refractivity contribution in [2.24, 2.45) is 11.5 Å². The molecule has 0 amide bonds. The van der Waals surface area contributed by atoms with Crippen LogP contribution in [0.1, 0.15) is 22.3 Å². The van der Waals surface area contributed by atoms with Crippen LogP contribution in [-0.2, 0) is 0 Å². The van der Waals surface area contributed by atoms with Crippen LogP contribution in [0.2, 0.25) is 0 Å². The minimum Gasteiger partial charge on any atom is -0.404 e. The van der Waals surface area contributed by atoms with Gasteiger partial charge in [-0.25, -0.2) is 0 Å². The van der Waals surface area contributed by atoms with Gasteiger partial charge in [-0.2, -0.15) is 0 Å². The zero-order valence-electron chi connectivity index (χ0n) is 25.2. The normalized spacial score (nSPS) is 11.1. The molecule has 0 fully saturated rings. The highest BCUT2D eigenvalue weighted by atomic mass is 14.5. The van der Waals surface area contributed by atoms with Crippen molar-refractivity contribution in [3.63, 3.8) is 0 Å². The molecule has 0 aliphatic carbocycles. The number of benzene rings is 6. The average molecular weight is 575 g/mol. The van der Waals surface area contributed by atoms with Gasteiger partial charge in [0.15, 0.2) is 0 Å². The molecule has 0 atom stereocenters. The molecule has 0 spiro atoms. The minimum absolute atomic E-state index is 0.640. The molecule has 0 aliphatic heterocycles. The van der Waals surface area contributed by atoms with Crippen molar-refractivity contribution >= 4 is 45.1 Å². The number of rotatable bonds is 5. The van der Waals surface area contributed by atoms with Crippen molar-refractivity contribution in [1.29, 1.82) is 10.8 Å². The van der Waals surface area contributed by atoms with Gasteiger partial charge < -0.3 is 22.3 Å². The second-order valence-corrected chi connectivity index (χ2v) is 10.3. The summed E-state index contributed by atoms with van der Waals surface area (Å²) in [6.07, 6.45) is 5.50. The molecule has 0 bridgehead atoms. The SMILES string of the molecule is Cc1ccccc1.Cc1ccccc1.N=C/C(=C\N)c1c2ccccc2c(/C(C=N)=C/N)c2cc(-c3ccccc3)ccc12. The van der Waals surface area contributed by atoms with Gasteiger partial charge in [-0.3, -0.25) is 0 Å². The minimum atomic E-state index is 0.640. The Bertz CT molecular complexity index is 1870. The molecule has 218 valence electrons. The van der Waals surface area contributed by atoms with Gasteiger partial charge >= 0.3 is 0 Å². The highest BCUT2D eigenvalue weighted by Gasteiger charge is 2.18.